The molecule has 76 valence electrons. The summed E-state index contributed by atoms with van der Waals surface area (Å²) in [6.07, 6.45) is 0.657. The molecular formula is C9H19N3O. The zero-order chi connectivity index (χ0) is 9.84. The number of rotatable bonds is 3. The molecule has 0 saturated carbocycles. The Morgan fingerprint density at radius 2 is 2.46 bits per heavy atom. The fourth-order valence-corrected chi connectivity index (χ4v) is 1.83. The molecule has 0 aromatic rings. The van der Waals surface area contributed by atoms with E-state index in [9.17, 15) is 0 Å². The summed E-state index contributed by atoms with van der Waals surface area (Å²) < 4.78 is 5.34. The van der Waals surface area contributed by atoms with Crippen LogP contribution in [-0.4, -0.2) is 42.6 Å². The van der Waals surface area contributed by atoms with Gasteiger partial charge in [-0.3, -0.25) is 10.3 Å². The van der Waals surface area contributed by atoms with Crippen LogP contribution < -0.4 is 5.73 Å². The van der Waals surface area contributed by atoms with Gasteiger partial charge < -0.3 is 10.5 Å². The number of nitrogens with one attached hydrogen (secondary N) is 1. The topological polar surface area (TPSA) is 62.3 Å². The van der Waals surface area contributed by atoms with Crippen LogP contribution in [0.25, 0.3) is 0 Å². The lowest BCUT2D eigenvalue weighted by atomic mass is 10.1. The maximum absolute atomic E-state index is 7.23. The number of ether oxygens (including phenoxy) is 1. The van der Waals surface area contributed by atoms with E-state index in [0.717, 1.165) is 19.8 Å². The Hall–Kier alpha value is -0.610. The summed E-state index contributed by atoms with van der Waals surface area (Å²) in [7, 11) is 0. The van der Waals surface area contributed by atoms with Gasteiger partial charge in [0.15, 0.2) is 0 Å². The Morgan fingerprint density at radius 1 is 1.77 bits per heavy atom. The SMILES string of the molecule is CC1COCCN1C(C)CC(=N)N. The van der Waals surface area contributed by atoms with Gasteiger partial charge in [0.05, 0.1) is 19.0 Å². The van der Waals surface area contributed by atoms with Gasteiger partial charge in [-0.2, -0.15) is 0 Å². The highest BCUT2D eigenvalue weighted by Gasteiger charge is 2.23. The molecule has 1 saturated heterocycles. The minimum absolute atomic E-state index is 0.270. The normalized spacial score (nSPS) is 27.1. The molecule has 1 heterocycles. The van der Waals surface area contributed by atoms with Crippen molar-refractivity contribution in [3.63, 3.8) is 0 Å². The zero-order valence-corrected chi connectivity index (χ0v) is 8.42. The second-order valence-corrected chi connectivity index (χ2v) is 3.74. The van der Waals surface area contributed by atoms with Crippen molar-refractivity contribution in [3.05, 3.63) is 0 Å². The molecular weight excluding hydrogens is 166 g/mol. The lowest BCUT2D eigenvalue weighted by molar-refractivity contribution is -0.0171. The van der Waals surface area contributed by atoms with Gasteiger partial charge in [-0.25, -0.2) is 0 Å². The van der Waals surface area contributed by atoms with E-state index in [2.05, 4.69) is 18.7 Å². The Labute approximate surface area is 79.6 Å². The van der Waals surface area contributed by atoms with Crippen molar-refractivity contribution in [2.45, 2.75) is 32.4 Å². The van der Waals surface area contributed by atoms with Gasteiger partial charge in [0, 0.05) is 25.0 Å². The molecule has 4 nitrogen and oxygen atoms in total. The summed E-state index contributed by atoms with van der Waals surface area (Å²) in [5, 5.41) is 7.23. The first-order valence-corrected chi connectivity index (χ1v) is 4.77. The molecule has 2 unspecified atom stereocenters. The van der Waals surface area contributed by atoms with Crippen molar-refractivity contribution in [1.82, 2.24) is 4.90 Å². The molecule has 1 aliphatic heterocycles. The molecule has 0 radical (unpaired) electrons. The van der Waals surface area contributed by atoms with E-state index >= 15 is 0 Å². The molecule has 0 aromatic heterocycles. The molecule has 0 bridgehead atoms. The predicted octanol–water partition coefficient (Wildman–Crippen LogP) is 0.422. The number of hydrogen-bond donors (Lipinski definition) is 2. The van der Waals surface area contributed by atoms with E-state index in [0.29, 0.717) is 18.5 Å². The second kappa shape index (κ2) is 4.58. The van der Waals surface area contributed by atoms with Crippen LogP contribution in [0, 0.1) is 5.41 Å². The third-order valence-corrected chi connectivity index (χ3v) is 2.50. The lowest BCUT2D eigenvalue weighted by Gasteiger charge is -2.37. The zero-order valence-electron chi connectivity index (χ0n) is 8.42. The quantitative estimate of drug-likeness (QED) is 0.495. The van der Waals surface area contributed by atoms with Crippen LogP contribution in [0.2, 0.25) is 0 Å². The fourth-order valence-electron chi connectivity index (χ4n) is 1.83. The van der Waals surface area contributed by atoms with E-state index in [-0.39, 0.29) is 5.84 Å². The van der Waals surface area contributed by atoms with Crippen molar-refractivity contribution >= 4 is 5.84 Å². The van der Waals surface area contributed by atoms with Gasteiger partial charge >= 0.3 is 0 Å². The fraction of sp³-hybridized carbons (Fsp3) is 0.889. The number of morpholine rings is 1. The predicted molar refractivity (Wildman–Crippen MR) is 53.0 cm³/mol. The molecule has 2 atom stereocenters. The average Bonchev–Trinajstić information content (AvgIpc) is 2.03. The maximum atomic E-state index is 7.23. The highest BCUT2D eigenvalue weighted by molar-refractivity contribution is 5.77. The molecule has 4 heteroatoms. The average molecular weight is 185 g/mol. The summed E-state index contributed by atoms with van der Waals surface area (Å²) in [5.74, 6) is 0.270. The van der Waals surface area contributed by atoms with E-state index < -0.39 is 0 Å². The van der Waals surface area contributed by atoms with Crippen LogP contribution >= 0.6 is 0 Å². The Bertz CT molecular complexity index is 184. The summed E-state index contributed by atoms with van der Waals surface area (Å²) in [6, 6.07) is 0.805. The van der Waals surface area contributed by atoms with Gasteiger partial charge in [-0.1, -0.05) is 0 Å². The van der Waals surface area contributed by atoms with E-state index in [1.165, 1.54) is 0 Å². The molecule has 0 aromatic carbocycles. The van der Waals surface area contributed by atoms with Gasteiger partial charge in [-0.05, 0) is 13.8 Å². The van der Waals surface area contributed by atoms with Gasteiger partial charge in [0.2, 0.25) is 0 Å². The maximum Gasteiger partial charge on any atom is 0.0920 e. The summed E-state index contributed by atoms with van der Waals surface area (Å²) in [4.78, 5) is 2.35. The Kier molecular flexibility index (Phi) is 3.69. The number of amidine groups is 1. The lowest BCUT2D eigenvalue weighted by Crippen LogP contribution is -2.49. The third-order valence-electron chi connectivity index (χ3n) is 2.50. The first-order chi connectivity index (χ1) is 6.11. The van der Waals surface area contributed by atoms with Crippen LogP contribution in [0.1, 0.15) is 20.3 Å². The second-order valence-electron chi connectivity index (χ2n) is 3.74. The summed E-state index contributed by atoms with van der Waals surface area (Å²) in [6.45, 7) is 6.81. The van der Waals surface area contributed by atoms with Crippen molar-refractivity contribution < 1.29 is 4.74 Å². The minimum Gasteiger partial charge on any atom is -0.388 e. The Balaban J connectivity index is 2.43. The Morgan fingerprint density at radius 3 is 3.00 bits per heavy atom. The largest absolute Gasteiger partial charge is 0.388 e. The first kappa shape index (κ1) is 10.5. The molecule has 1 fully saturated rings. The first-order valence-electron chi connectivity index (χ1n) is 4.77. The van der Waals surface area contributed by atoms with Crippen molar-refractivity contribution in [2.75, 3.05) is 19.8 Å². The van der Waals surface area contributed by atoms with Crippen LogP contribution in [0.15, 0.2) is 0 Å². The van der Waals surface area contributed by atoms with Crippen molar-refractivity contribution in [3.8, 4) is 0 Å². The molecule has 1 aliphatic rings. The smallest absolute Gasteiger partial charge is 0.0920 e. The third kappa shape index (κ3) is 2.97. The van der Waals surface area contributed by atoms with E-state index in [1.54, 1.807) is 0 Å². The highest BCUT2D eigenvalue weighted by atomic mass is 16.5. The van der Waals surface area contributed by atoms with Crippen LogP contribution in [-0.2, 0) is 4.74 Å². The van der Waals surface area contributed by atoms with E-state index in [1.807, 2.05) is 0 Å². The van der Waals surface area contributed by atoms with Crippen molar-refractivity contribution in [2.24, 2.45) is 5.73 Å². The summed E-state index contributed by atoms with van der Waals surface area (Å²) in [5.41, 5.74) is 5.37. The van der Waals surface area contributed by atoms with E-state index in [4.69, 9.17) is 15.9 Å². The molecule has 0 spiro atoms. The standard InChI is InChI=1S/C9H19N3O/c1-7(5-9(10)11)12-3-4-13-6-8(12)2/h7-8H,3-6H2,1-2H3,(H3,10,11). The number of nitrogens with zero attached hydrogens (tertiary/aromatic N) is 1. The molecule has 0 amide bonds. The molecule has 0 aliphatic carbocycles. The number of hydrogen-bond acceptors (Lipinski definition) is 3. The monoisotopic (exact) mass is 185 g/mol. The van der Waals surface area contributed by atoms with Crippen LogP contribution in [0.4, 0.5) is 0 Å². The van der Waals surface area contributed by atoms with Gasteiger partial charge in [0.1, 0.15) is 0 Å². The molecule has 3 N–H and O–H groups in total. The van der Waals surface area contributed by atoms with Crippen molar-refractivity contribution in [1.29, 1.82) is 5.41 Å². The van der Waals surface area contributed by atoms with Crippen LogP contribution in [0.3, 0.4) is 0 Å². The van der Waals surface area contributed by atoms with Gasteiger partial charge in [0.25, 0.3) is 0 Å². The van der Waals surface area contributed by atoms with Gasteiger partial charge in [-0.15, -0.1) is 0 Å². The summed E-state index contributed by atoms with van der Waals surface area (Å²) >= 11 is 0. The highest BCUT2D eigenvalue weighted by Crippen LogP contribution is 2.12. The molecule has 1 rings (SSSR count). The number of nitrogens with two attached hydrogens (primary N) is 1. The van der Waals surface area contributed by atoms with Crippen LogP contribution in [0.5, 0.6) is 0 Å². The molecule has 13 heavy (non-hydrogen) atoms. The minimum atomic E-state index is 0.270.